The molecule has 2 aromatic rings. The predicted molar refractivity (Wildman–Crippen MR) is 106 cm³/mol. The SMILES string of the molecule is COc1c(Cl)ccc(Cl)c1C(=O)N1CCC(NC(=O)c2ccccc2F)CC1. The minimum atomic E-state index is -0.560. The molecule has 5 nitrogen and oxygen atoms in total. The Morgan fingerprint density at radius 1 is 1.11 bits per heavy atom. The van der Waals surface area contributed by atoms with Crippen molar-refractivity contribution in [2.24, 2.45) is 0 Å². The molecule has 1 heterocycles. The Kier molecular flexibility index (Phi) is 6.42. The van der Waals surface area contributed by atoms with Gasteiger partial charge in [0, 0.05) is 19.1 Å². The molecule has 0 bridgehead atoms. The molecule has 0 radical (unpaired) electrons. The molecule has 3 rings (SSSR count). The van der Waals surface area contributed by atoms with E-state index >= 15 is 0 Å². The van der Waals surface area contributed by atoms with E-state index in [0.29, 0.717) is 31.0 Å². The minimum absolute atomic E-state index is 0.0106. The van der Waals surface area contributed by atoms with Crippen molar-refractivity contribution in [2.75, 3.05) is 20.2 Å². The fourth-order valence-corrected chi connectivity index (χ4v) is 3.69. The second-order valence-corrected chi connectivity index (χ2v) is 7.27. The van der Waals surface area contributed by atoms with Gasteiger partial charge in [0.05, 0.1) is 22.7 Å². The van der Waals surface area contributed by atoms with Crippen LogP contribution >= 0.6 is 23.2 Å². The third kappa shape index (κ3) is 4.23. The highest BCUT2D eigenvalue weighted by molar-refractivity contribution is 6.37. The molecule has 1 N–H and O–H groups in total. The Balaban J connectivity index is 1.65. The first-order chi connectivity index (χ1) is 13.4. The topological polar surface area (TPSA) is 58.6 Å². The number of amides is 2. The van der Waals surface area contributed by atoms with Crippen LogP contribution in [0, 0.1) is 5.82 Å². The maximum atomic E-state index is 13.7. The number of nitrogens with one attached hydrogen (secondary N) is 1. The van der Waals surface area contributed by atoms with Crippen LogP contribution in [0.3, 0.4) is 0 Å². The van der Waals surface area contributed by atoms with Crippen LogP contribution in [-0.2, 0) is 0 Å². The minimum Gasteiger partial charge on any atom is -0.494 e. The zero-order valence-corrected chi connectivity index (χ0v) is 16.7. The van der Waals surface area contributed by atoms with Gasteiger partial charge in [-0.2, -0.15) is 0 Å². The molecule has 8 heteroatoms. The molecule has 1 aliphatic rings. The van der Waals surface area contributed by atoms with Gasteiger partial charge in [-0.05, 0) is 37.1 Å². The molecule has 0 aromatic heterocycles. The van der Waals surface area contributed by atoms with Gasteiger partial charge < -0.3 is 15.0 Å². The molecule has 0 atom stereocenters. The summed E-state index contributed by atoms with van der Waals surface area (Å²) in [5, 5.41) is 3.40. The van der Waals surface area contributed by atoms with Crippen molar-refractivity contribution in [3.05, 3.63) is 63.4 Å². The van der Waals surface area contributed by atoms with E-state index in [9.17, 15) is 14.0 Å². The van der Waals surface area contributed by atoms with E-state index < -0.39 is 11.7 Å². The van der Waals surface area contributed by atoms with Crippen molar-refractivity contribution >= 4 is 35.0 Å². The van der Waals surface area contributed by atoms with Gasteiger partial charge in [-0.1, -0.05) is 35.3 Å². The van der Waals surface area contributed by atoms with E-state index in [1.807, 2.05) is 0 Å². The number of piperidine rings is 1. The van der Waals surface area contributed by atoms with Crippen LogP contribution in [0.1, 0.15) is 33.6 Å². The molecule has 2 amide bonds. The second kappa shape index (κ2) is 8.80. The molecule has 28 heavy (non-hydrogen) atoms. The Morgan fingerprint density at radius 3 is 2.39 bits per heavy atom. The van der Waals surface area contributed by atoms with Gasteiger partial charge >= 0.3 is 0 Å². The largest absolute Gasteiger partial charge is 0.494 e. The molecule has 2 aromatic carbocycles. The van der Waals surface area contributed by atoms with Gasteiger partial charge in [-0.3, -0.25) is 9.59 Å². The summed E-state index contributed by atoms with van der Waals surface area (Å²) >= 11 is 12.3. The first kappa shape index (κ1) is 20.4. The fourth-order valence-electron chi connectivity index (χ4n) is 3.23. The van der Waals surface area contributed by atoms with Gasteiger partial charge in [-0.25, -0.2) is 4.39 Å². The van der Waals surface area contributed by atoms with Crippen LogP contribution in [0.15, 0.2) is 36.4 Å². The smallest absolute Gasteiger partial charge is 0.259 e. The van der Waals surface area contributed by atoms with Crippen molar-refractivity contribution in [2.45, 2.75) is 18.9 Å². The monoisotopic (exact) mass is 424 g/mol. The lowest BCUT2D eigenvalue weighted by Gasteiger charge is -2.33. The summed E-state index contributed by atoms with van der Waals surface area (Å²) in [6, 6.07) is 8.82. The van der Waals surface area contributed by atoms with Crippen molar-refractivity contribution in [1.82, 2.24) is 10.2 Å². The number of carbonyl (C=O) groups excluding carboxylic acids is 2. The maximum absolute atomic E-state index is 13.7. The van der Waals surface area contributed by atoms with Crippen LogP contribution < -0.4 is 10.1 Å². The Bertz CT molecular complexity index is 899. The maximum Gasteiger partial charge on any atom is 0.259 e. The van der Waals surface area contributed by atoms with E-state index in [1.54, 1.807) is 23.1 Å². The third-order valence-corrected chi connectivity index (χ3v) is 5.33. The fraction of sp³-hybridized carbons (Fsp3) is 0.300. The first-order valence-corrected chi connectivity index (χ1v) is 9.54. The highest BCUT2D eigenvalue weighted by Gasteiger charge is 2.29. The lowest BCUT2D eigenvalue weighted by Crippen LogP contribution is -2.46. The number of hydrogen-bond acceptors (Lipinski definition) is 3. The summed E-state index contributed by atoms with van der Waals surface area (Å²) in [7, 11) is 1.43. The molecule has 0 spiro atoms. The Morgan fingerprint density at radius 2 is 1.75 bits per heavy atom. The highest BCUT2D eigenvalue weighted by Crippen LogP contribution is 2.35. The van der Waals surface area contributed by atoms with E-state index in [1.165, 1.54) is 25.3 Å². The van der Waals surface area contributed by atoms with E-state index in [4.69, 9.17) is 27.9 Å². The van der Waals surface area contributed by atoms with Crippen molar-refractivity contribution in [3.8, 4) is 5.75 Å². The molecule has 0 aliphatic carbocycles. The third-order valence-electron chi connectivity index (χ3n) is 4.71. The Hall–Kier alpha value is -2.31. The second-order valence-electron chi connectivity index (χ2n) is 6.46. The number of halogens is 3. The summed E-state index contributed by atoms with van der Waals surface area (Å²) in [5.74, 6) is -1.05. The van der Waals surface area contributed by atoms with Gasteiger partial charge in [0.15, 0.2) is 5.75 Å². The Labute approximate surface area is 172 Å². The summed E-state index contributed by atoms with van der Waals surface area (Å²) in [4.78, 5) is 26.8. The van der Waals surface area contributed by atoms with E-state index in [2.05, 4.69) is 5.32 Å². The van der Waals surface area contributed by atoms with Crippen LogP contribution in [-0.4, -0.2) is 43.0 Å². The molecule has 0 unspecified atom stereocenters. The number of ether oxygens (including phenoxy) is 1. The standard InChI is InChI=1S/C20H19Cl2FN2O3/c1-28-18-15(22)7-6-14(21)17(18)20(27)25-10-8-12(9-11-25)24-19(26)13-4-2-3-5-16(13)23/h2-7,12H,8-11H2,1H3,(H,24,26). The first-order valence-electron chi connectivity index (χ1n) is 8.79. The van der Waals surface area contributed by atoms with E-state index in [-0.39, 0.29) is 33.8 Å². The molecule has 1 fully saturated rings. The number of carbonyl (C=O) groups is 2. The molecular weight excluding hydrogens is 406 g/mol. The normalized spacial score (nSPS) is 14.6. The van der Waals surface area contributed by atoms with Crippen molar-refractivity contribution in [1.29, 1.82) is 0 Å². The number of likely N-dealkylation sites (tertiary alicyclic amines) is 1. The van der Waals surface area contributed by atoms with Gasteiger partial charge in [-0.15, -0.1) is 0 Å². The summed E-state index contributed by atoms with van der Waals surface area (Å²) in [6.07, 6.45) is 1.10. The number of methoxy groups -OCH3 is 1. The van der Waals surface area contributed by atoms with Crippen molar-refractivity contribution < 1.29 is 18.7 Å². The lowest BCUT2D eigenvalue weighted by atomic mass is 10.0. The van der Waals surface area contributed by atoms with Crippen LogP contribution in [0.25, 0.3) is 0 Å². The zero-order chi connectivity index (χ0) is 20.3. The predicted octanol–water partition coefficient (Wildman–Crippen LogP) is 4.18. The number of benzene rings is 2. The van der Waals surface area contributed by atoms with Crippen LogP contribution in [0.5, 0.6) is 5.75 Å². The van der Waals surface area contributed by atoms with Gasteiger partial charge in [0.2, 0.25) is 0 Å². The van der Waals surface area contributed by atoms with Crippen LogP contribution in [0.2, 0.25) is 10.0 Å². The molecule has 0 saturated carbocycles. The van der Waals surface area contributed by atoms with Gasteiger partial charge in [0.25, 0.3) is 11.8 Å². The average molecular weight is 425 g/mol. The lowest BCUT2D eigenvalue weighted by molar-refractivity contribution is 0.0695. The zero-order valence-electron chi connectivity index (χ0n) is 15.2. The number of hydrogen-bond donors (Lipinski definition) is 1. The summed E-state index contributed by atoms with van der Waals surface area (Å²) in [6.45, 7) is 0.847. The molecular formula is C20H19Cl2FN2O3. The molecule has 1 saturated heterocycles. The summed E-state index contributed by atoms with van der Waals surface area (Å²) in [5.41, 5.74) is 0.238. The van der Waals surface area contributed by atoms with Gasteiger partial charge in [0.1, 0.15) is 11.4 Å². The van der Waals surface area contributed by atoms with E-state index in [0.717, 1.165) is 0 Å². The average Bonchev–Trinajstić information content (AvgIpc) is 2.69. The number of nitrogens with zero attached hydrogens (tertiary/aromatic N) is 1. The highest BCUT2D eigenvalue weighted by atomic mass is 35.5. The van der Waals surface area contributed by atoms with Crippen LogP contribution in [0.4, 0.5) is 4.39 Å². The quantitative estimate of drug-likeness (QED) is 0.800. The molecule has 148 valence electrons. The molecule has 1 aliphatic heterocycles. The van der Waals surface area contributed by atoms with Crippen molar-refractivity contribution in [3.63, 3.8) is 0 Å². The number of rotatable bonds is 4. The summed E-state index contributed by atoms with van der Waals surface area (Å²) < 4.78 is 19.0.